The smallest absolute Gasteiger partial charge is 0.271 e. The standard InChI is InChI=1S/C21H18ClN7O3S/c1-10-5-12(13-6-17(22)24-8-16(13)32-2)14(7-23-10)18(30)27-20-28-29-9-15(26-21(29)33-20)19(31)25-11-3-4-11/h5-9,11H,3-4H2,1-2H3,(H,25,31)(H,27,28,30). The van der Waals surface area contributed by atoms with Crippen molar-refractivity contribution < 1.29 is 14.3 Å². The van der Waals surface area contributed by atoms with Gasteiger partial charge in [0.15, 0.2) is 0 Å². The Hall–Kier alpha value is -3.57. The molecule has 4 heterocycles. The van der Waals surface area contributed by atoms with Crippen molar-refractivity contribution in [3.05, 3.63) is 52.8 Å². The molecule has 0 unspecified atom stereocenters. The monoisotopic (exact) mass is 483 g/mol. The van der Waals surface area contributed by atoms with E-state index in [0.29, 0.717) is 38.2 Å². The first-order chi connectivity index (χ1) is 15.9. The minimum absolute atomic E-state index is 0.221. The summed E-state index contributed by atoms with van der Waals surface area (Å²) in [7, 11) is 1.52. The van der Waals surface area contributed by atoms with Crippen LogP contribution in [0.25, 0.3) is 16.1 Å². The van der Waals surface area contributed by atoms with Crippen molar-refractivity contribution in [2.75, 3.05) is 12.4 Å². The molecule has 10 nitrogen and oxygen atoms in total. The molecule has 0 aliphatic heterocycles. The molecular weight excluding hydrogens is 466 g/mol. The predicted molar refractivity (Wildman–Crippen MR) is 123 cm³/mol. The molecule has 4 aromatic heterocycles. The molecule has 168 valence electrons. The summed E-state index contributed by atoms with van der Waals surface area (Å²) in [4.78, 5) is 38.4. The van der Waals surface area contributed by atoms with Crippen molar-refractivity contribution in [1.82, 2.24) is 29.9 Å². The minimum atomic E-state index is -0.406. The first-order valence-corrected chi connectivity index (χ1v) is 11.3. The van der Waals surface area contributed by atoms with Crippen molar-refractivity contribution in [3.63, 3.8) is 0 Å². The van der Waals surface area contributed by atoms with E-state index in [-0.39, 0.29) is 17.1 Å². The van der Waals surface area contributed by atoms with Crippen LogP contribution >= 0.6 is 22.9 Å². The molecule has 1 aliphatic carbocycles. The summed E-state index contributed by atoms with van der Waals surface area (Å²) in [6, 6.07) is 3.66. The maximum atomic E-state index is 13.1. The molecule has 1 fully saturated rings. The fraction of sp³-hybridized carbons (Fsp3) is 0.238. The Morgan fingerprint density at radius 1 is 1.18 bits per heavy atom. The van der Waals surface area contributed by atoms with Crippen LogP contribution in [0.1, 0.15) is 39.4 Å². The fourth-order valence-electron chi connectivity index (χ4n) is 3.27. The lowest BCUT2D eigenvalue weighted by Gasteiger charge is -2.13. The van der Waals surface area contributed by atoms with Crippen LogP contribution in [-0.4, -0.2) is 49.5 Å². The number of amides is 2. The van der Waals surface area contributed by atoms with Crippen LogP contribution in [-0.2, 0) is 0 Å². The lowest BCUT2D eigenvalue weighted by atomic mass is 10.0. The zero-order chi connectivity index (χ0) is 23.1. The number of imidazole rings is 1. The number of hydrogen-bond acceptors (Lipinski definition) is 8. The van der Waals surface area contributed by atoms with Crippen molar-refractivity contribution in [2.24, 2.45) is 0 Å². The molecule has 12 heteroatoms. The summed E-state index contributed by atoms with van der Waals surface area (Å²) in [5, 5.41) is 10.6. The number of aromatic nitrogens is 5. The Kier molecular flexibility index (Phi) is 5.43. The highest BCUT2D eigenvalue weighted by molar-refractivity contribution is 7.20. The summed E-state index contributed by atoms with van der Waals surface area (Å²) in [6.45, 7) is 1.83. The van der Waals surface area contributed by atoms with Crippen LogP contribution in [0.5, 0.6) is 5.75 Å². The summed E-state index contributed by atoms with van der Waals surface area (Å²) in [5.74, 6) is -0.152. The molecule has 0 aromatic carbocycles. The number of pyridine rings is 2. The molecule has 33 heavy (non-hydrogen) atoms. The topological polar surface area (TPSA) is 123 Å². The second kappa shape index (κ2) is 8.41. The normalized spacial score (nSPS) is 13.2. The van der Waals surface area contributed by atoms with Gasteiger partial charge in [-0.05, 0) is 31.9 Å². The molecular formula is C21H18ClN7O3S. The zero-order valence-corrected chi connectivity index (χ0v) is 19.2. The number of halogens is 1. The molecule has 0 bridgehead atoms. The van der Waals surface area contributed by atoms with Gasteiger partial charge >= 0.3 is 0 Å². The Morgan fingerprint density at radius 3 is 2.73 bits per heavy atom. The van der Waals surface area contributed by atoms with Crippen LogP contribution in [0.4, 0.5) is 5.13 Å². The Labute approximate surface area is 197 Å². The van der Waals surface area contributed by atoms with Crippen LogP contribution < -0.4 is 15.4 Å². The van der Waals surface area contributed by atoms with Gasteiger partial charge in [0.2, 0.25) is 10.1 Å². The Bertz CT molecular complexity index is 1360. The Balaban J connectivity index is 1.42. The molecule has 0 atom stereocenters. The maximum absolute atomic E-state index is 13.1. The molecule has 5 rings (SSSR count). The van der Waals surface area contributed by atoms with Gasteiger partial charge in [-0.3, -0.25) is 19.9 Å². The van der Waals surface area contributed by atoms with Gasteiger partial charge < -0.3 is 10.1 Å². The fourth-order valence-corrected chi connectivity index (χ4v) is 4.20. The van der Waals surface area contributed by atoms with E-state index in [2.05, 4.69) is 30.7 Å². The summed E-state index contributed by atoms with van der Waals surface area (Å²) in [6.07, 6.45) is 6.53. The molecule has 0 saturated heterocycles. The first-order valence-electron chi connectivity index (χ1n) is 10.1. The number of rotatable bonds is 6. The highest BCUT2D eigenvalue weighted by Crippen LogP contribution is 2.34. The number of fused-ring (bicyclic) bond motifs is 1. The lowest BCUT2D eigenvalue weighted by molar-refractivity contribution is 0.0945. The first kappa shape index (κ1) is 21.3. The SMILES string of the molecule is COc1cnc(Cl)cc1-c1cc(C)ncc1C(=O)Nc1nn2cc(C(=O)NC3CC3)nc2s1. The van der Waals surface area contributed by atoms with E-state index in [1.165, 1.54) is 24.0 Å². The van der Waals surface area contributed by atoms with Gasteiger partial charge in [0.05, 0.1) is 25.1 Å². The average Bonchev–Trinajstić information content (AvgIpc) is 3.39. The second-order valence-electron chi connectivity index (χ2n) is 7.54. The van der Waals surface area contributed by atoms with E-state index in [4.69, 9.17) is 16.3 Å². The molecule has 0 radical (unpaired) electrons. The quantitative estimate of drug-likeness (QED) is 0.403. The number of aryl methyl sites for hydroxylation is 1. The predicted octanol–water partition coefficient (Wildman–Crippen LogP) is 3.36. The van der Waals surface area contributed by atoms with Crippen molar-refractivity contribution in [2.45, 2.75) is 25.8 Å². The number of anilines is 1. The highest BCUT2D eigenvalue weighted by Gasteiger charge is 2.25. The number of nitrogens with zero attached hydrogens (tertiary/aromatic N) is 5. The van der Waals surface area contributed by atoms with Crippen LogP contribution in [0, 0.1) is 6.92 Å². The molecule has 0 spiro atoms. The van der Waals surface area contributed by atoms with E-state index in [1.807, 2.05) is 6.92 Å². The third-order valence-corrected chi connectivity index (χ3v) is 6.08. The number of methoxy groups -OCH3 is 1. The van der Waals surface area contributed by atoms with E-state index >= 15 is 0 Å². The molecule has 2 N–H and O–H groups in total. The number of ether oxygens (including phenoxy) is 1. The summed E-state index contributed by atoms with van der Waals surface area (Å²) in [5.41, 5.74) is 2.56. The second-order valence-corrected chi connectivity index (χ2v) is 8.88. The minimum Gasteiger partial charge on any atom is -0.494 e. The van der Waals surface area contributed by atoms with E-state index < -0.39 is 5.91 Å². The van der Waals surface area contributed by atoms with Gasteiger partial charge in [0.25, 0.3) is 11.8 Å². The van der Waals surface area contributed by atoms with Gasteiger partial charge in [-0.2, -0.15) is 0 Å². The van der Waals surface area contributed by atoms with Crippen LogP contribution in [0.15, 0.2) is 30.7 Å². The summed E-state index contributed by atoms with van der Waals surface area (Å²) < 4.78 is 6.88. The van der Waals surface area contributed by atoms with Crippen molar-refractivity contribution in [1.29, 1.82) is 0 Å². The molecule has 4 aromatic rings. The van der Waals surface area contributed by atoms with Gasteiger partial charge in [-0.25, -0.2) is 14.5 Å². The number of hydrogen-bond donors (Lipinski definition) is 2. The van der Waals surface area contributed by atoms with Crippen molar-refractivity contribution >= 4 is 44.8 Å². The van der Waals surface area contributed by atoms with E-state index in [1.54, 1.807) is 18.3 Å². The average molecular weight is 484 g/mol. The van der Waals surface area contributed by atoms with Crippen LogP contribution in [0.3, 0.4) is 0 Å². The van der Waals surface area contributed by atoms with Crippen LogP contribution in [0.2, 0.25) is 5.15 Å². The highest BCUT2D eigenvalue weighted by atomic mass is 35.5. The van der Waals surface area contributed by atoms with Crippen molar-refractivity contribution in [3.8, 4) is 16.9 Å². The maximum Gasteiger partial charge on any atom is 0.271 e. The molecule has 1 saturated carbocycles. The number of nitrogens with one attached hydrogen (secondary N) is 2. The Morgan fingerprint density at radius 2 is 2.00 bits per heavy atom. The van der Waals surface area contributed by atoms with E-state index in [9.17, 15) is 9.59 Å². The van der Waals surface area contributed by atoms with E-state index in [0.717, 1.165) is 29.9 Å². The van der Waals surface area contributed by atoms with Gasteiger partial charge in [0, 0.05) is 29.1 Å². The van der Waals surface area contributed by atoms with Gasteiger partial charge in [0.1, 0.15) is 16.6 Å². The number of carbonyl (C=O) groups is 2. The largest absolute Gasteiger partial charge is 0.494 e. The van der Waals surface area contributed by atoms with Gasteiger partial charge in [-0.15, -0.1) is 5.10 Å². The lowest BCUT2D eigenvalue weighted by Crippen LogP contribution is -2.25. The molecule has 2 amide bonds. The summed E-state index contributed by atoms with van der Waals surface area (Å²) >= 11 is 7.26. The number of carbonyl (C=O) groups excluding carboxylic acids is 2. The third kappa shape index (κ3) is 4.37. The molecule has 1 aliphatic rings. The third-order valence-electron chi connectivity index (χ3n) is 5.04. The zero-order valence-electron chi connectivity index (χ0n) is 17.6. The van der Waals surface area contributed by atoms with Gasteiger partial charge in [-0.1, -0.05) is 22.9 Å².